The number of urea groups is 1. The van der Waals surface area contributed by atoms with Crippen molar-refractivity contribution >= 4 is 29.6 Å². The molecule has 2 aliphatic rings. The molecule has 4 amide bonds. The number of hydrogen-bond donors (Lipinski definition) is 2. The Hall–Kier alpha value is -2.48. The number of piperidine rings is 1. The van der Waals surface area contributed by atoms with Crippen molar-refractivity contribution in [2.75, 3.05) is 27.2 Å². The summed E-state index contributed by atoms with van der Waals surface area (Å²) in [5.41, 5.74) is 0.833. The molecular formula is C25H37ClN4O4. The van der Waals surface area contributed by atoms with Crippen LogP contribution >= 0.6 is 11.6 Å². The molecule has 8 nitrogen and oxygen atoms in total. The number of nitrogens with zero attached hydrogens (tertiary/aromatic N) is 3. The fourth-order valence-corrected chi connectivity index (χ4v) is 5.46. The number of carbonyl (C=O) groups is 3. The third-order valence-corrected chi connectivity index (χ3v) is 7.30. The van der Waals surface area contributed by atoms with Gasteiger partial charge in [0.2, 0.25) is 5.91 Å². The fraction of sp³-hybridized carbons (Fsp3) is 0.640. The summed E-state index contributed by atoms with van der Waals surface area (Å²) in [4.78, 5) is 43.4. The van der Waals surface area contributed by atoms with Gasteiger partial charge in [0, 0.05) is 50.7 Å². The zero-order valence-corrected chi connectivity index (χ0v) is 21.1. The van der Waals surface area contributed by atoms with Gasteiger partial charge in [-0.25, -0.2) is 9.59 Å². The summed E-state index contributed by atoms with van der Waals surface area (Å²) in [6.07, 6.45) is 5.26. The molecule has 1 heterocycles. The van der Waals surface area contributed by atoms with Crippen LogP contribution in [0, 0.1) is 5.92 Å². The Bertz CT molecular complexity index is 857. The highest BCUT2D eigenvalue weighted by atomic mass is 35.5. The normalized spacial score (nSPS) is 22.1. The van der Waals surface area contributed by atoms with Crippen LogP contribution in [0.15, 0.2) is 24.3 Å². The first-order valence-corrected chi connectivity index (χ1v) is 12.6. The van der Waals surface area contributed by atoms with E-state index in [0.29, 0.717) is 24.5 Å². The fourth-order valence-electron chi connectivity index (χ4n) is 5.33. The summed E-state index contributed by atoms with van der Waals surface area (Å²) < 4.78 is 0. The number of hydrogen-bond acceptors (Lipinski definition) is 3. The van der Waals surface area contributed by atoms with Crippen LogP contribution in [0.3, 0.4) is 0 Å². The molecule has 1 aliphatic carbocycles. The van der Waals surface area contributed by atoms with Gasteiger partial charge in [0.15, 0.2) is 0 Å². The van der Waals surface area contributed by atoms with E-state index >= 15 is 0 Å². The molecule has 0 bridgehead atoms. The predicted molar refractivity (Wildman–Crippen MR) is 132 cm³/mol. The first kappa shape index (κ1) is 26.1. The van der Waals surface area contributed by atoms with E-state index < -0.39 is 12.1 Å². The van der Waals surface area contributed by atoms with Crippen LogP contribution in [0.25, 0.3) is 0 Å². The molecule has 0 unspecified atom stereocenters. The molecule has 1 saturated heterocycles. The van der Waals surface area contributed by atoms with Gasteiger partial charge in [0.1, 0.15) is 6.04 Å². The summed E-state index contributed by atoms with van der Waals surface area (Å²) in [7, 11) is 3.58. The topological polar surface area (TPSA) is 93.2 Å². The second kappa shape index (κ2) is 11.8. The standard InChI is InChI=1S/C25H37ClN4O4/c1-17-16-29(23(31)21(27-24(32)33)15-18-9-11-19(26)12-10-18)14-13-22(17)30(25(34)28(2)3)20-7-5-4-6-8-20/h9-12,17,20-22,27H,4-8,13-16H2,1-3H3,(H,32,33)/t17-,21+,22-/m0/s1. The van der Waals surface area contributed by atoms with Crippen molar-refractivity contribution in [3.05, 3.63) is 34.9 Å². The Morgan fingerprint density at radius 2 is 1.76 bits per heavy atom. The number of halogens is 1. The SMILES string of the molecule is C[C@H]1CN(C(=O)[C@@H](Cc2ccc(Cl)cc2)NC(=O)O)CC[C@@H]1N(C(=O)N(C)C)C1CCCCC1. The summed E-state index contributed by atoms with van der Waals surface area (Å²) in [6.45, 7) is 3.07. The second-order valence-electron chi connectivity index (χ2n) is 9.83. The molecule has 2 fully saturated rings. The lowest BCUT2D eigenvalue weighted by molar-refractivity contribution is -0.136. The second-order valence-corrected chi connectivity index (χ2v) is 10.3. The number of nitrogens with one attached hydrogen (secondary N) is 1. The van der Waals surface area contributed by atoms with Crippen molar-refractivity contribution in [2.24, 2.45) is 5.92 Å². The summed E-state index contributed by atoms with van der Waals surface area (Å²) in [5, 5.41) is 12.3. The average molecular weight is 493 g/mol. The number of amides is 4. The Morgan fingerprint density at radius 3 is 2.32 bits per heavy atom. The molecule has 3 rings (SSSR count). The van der Waals surface area contributed by atoms with Crippen LogP contribution < -0.4 is 5.32 Å². The van der Waals surface area contributed by atoms with Crippen molar-refractivity contribution in [3.63, 3.8) is 0 Å². The highest BCUT2D eigenvalue weighted by Crippen LogP contribution is 2.31. The monoisotopic (exact) mass is 492 g/mol. The molecule has 9 heteroatoms. The first-order chi connectivity index (χ1) is 16.2. The van der Waals surface area contributed by atoms with Gasteiger partial charge in [-0.05, 0) is 42.9 Å². The quantitative estimate of drug-likeness (QED) is 0.626. The number of benzene rings is 1. The molecule has 1 aromatic carbocycles. The van der Waals surface area contributed by atoms with Gasteiger partial charge in [0.25, 0.3) is 0 Å². The molecule has 3 atom stereocenters. The predicted octanol–water partition coefficient (Wildman–Crippen LogP) is 4.07. The van der Waals surface area contributed by atoms with Crippen molar-refractivity contribution in [3.8, 4) is 0 Å². The molecule has 34 heavy (non-hydrogen) atoms. The maximum Gasteiger partial charge on any atom is 0.405 e. The summed E-state index contributed by atoms with van der Waals surface area (Å²) in [6, 6.07) is 6.53. The zero-order chi connectivity index (χ0) is 24.8. The van der Waals surface area contributed by atoms with Gasteiger partial charge in [-0.1, -0.05) is 49.9 Å². The van der Waals surface area contributed by atoms with E-state index in [-0.39, 0.29) is 36.4 Å². The van der Waals surface area contributed by atoms with E-state index in [1.807, 2.05) is 0 Å². The van der Waals surface area contributed by atoms with Crippen molar-refractivity contribution < 1.29 is 19.5 Å². The maximum absolute atomic E-state index is 13.4. The third kappa shape index (κ3) is 6.56. The van der Waals surface area contributed by atoms with Crippen LogP contribution in [0.2, 0.25) is 5.02 Å². The number of likely N-dealkylation sites (tertiary alicyclic amines) is 1. The molecule has 1 aromatic rings. The van der Waals surface area contributed by atoms with Crippen LogP contribution in [-0.2, 0) is 11.2 Å². The molecule has 188 valence electrons. The van der Waals surface area contributed by atoms with Crippen LogP contribution in [0.1, 0.15) is 51.0 Å². The minimum atomic E-state index is -1.23. The number of carbonyl (C=O) groups excluding carboxylic acids is 2. The highest BCUT2D eigenvalue weighted by molar-refractivity contribution is 6.30. The average Bonchev–Trinajstić information content (AvgIpc) is 2.81. The molecule has 1 aliphatic heterocycles. The van der Waals surface area contributed by atoms with Crippen LogP contribution in [0.5, 0.6) is 0 Å². The van der Waals surface area contributed by atoms with Crippen LogP contribution in [0.4, 0.5) is 9.59 Å². The van der Waals surface area contributed by atoms with Crippen LogP contribution in [-0.4, -0.2) is 83.1 Å². The highest BCUT2D eigenvalue weighted by Gasteiger charge is 2.40. The number of rotatable bonds is 6. The summed E-state index contributed by atoms with van der Waals surface area (Å²) >= 11 is 5.95. The largest absolute Gasteiger partial charge is 0.465 e. The molecule has 2 N–H and O–H groups in total. The van der Waals surface area contributed by atoms with E-state index in [0.717, 1.165) is 31.2 Å². The van der Waals surface area contributed by atoms with Crippen molar-refractivity contribution in [1.29, 1.82) is 0 Å². The Kier molecular flexibility index (Phi) is 9.05. The Balaban J connectivity index is 1.71. The lowest BCUT2D eigenvalue weighted by atomic mass is 9.87. The number of carboxylic acid groups (broad SMARTS) is 1. The van der Waals surface area contributed by atoms with E-state index in [4.69, 9.17) is 11.6 Å². The van der Waals surface area contributed by atoms with Crippen molar-refractivity contribution in [2.45, 2.75) is 70.0 Å². The van der Waals surface area contributed by atoms with E-state index in [1.54, 1.807) is 48.2 Å². The van der Waals surface area contributed by atoms with Gasteiger partial charge < -0.3 is 25.1 Å². The zero-order valence-electron chi connectivity index (χ0n) is 20.4. The Morgan fingerprint density at radius 1 is 1.12 bits per heavy atom. The van der Waals surface area contributed by atoms with E-state index in [2.05, 4.69) is 17.1 Å². The van der Waals surface area contributed by atoms with Gasteiger partial charge in [-0.15, -0.1) is 0 Å². The van der Waals surface area contributed by atoms with E-state index in [9.17, 15) is 19.5 Å². The molecule has 0 spiro atoms. The Labute approximate surface area is 207 Å². The van der Waals surface area contributed by atoms with Gasteiger partial charge >= 0.3 is 12.1 Å². The molecule has 1 saturated carbocycles. The first-order valence-electron chi connectivity index (χ1n) is 12.2. The maximum atomic E-state index is 13.4. The van der Waals surface area contributed by atoms with E-state index in [1.165, 1.54) is 6.42 Å². The molecule has 0 radical (unpaired) electrons. The van der Waals surface area contributed by atoms with Gasteiger partial charge in [-0.3, -0.25) is 4.79 Å². The molecular weight excluding hydrogens is 456 g/mol. The van der Waals surface area contributed by atoms with Crippen molar-refractivity contribution in [1.82, 2.24) is 20.0 Å². The van der Waals surface area contributed by atoms with Gasteiger partial charge in [0.05, 0.1) is 0 Å². The minimum Gasteiger partial charge on any atom is -0.465 e. The van der Waals surface area contributed by atoms with Gasteiger partial charge in [-0.2, -0.15) is 0 Å². The third-order valence-electron chi connectivity index (χ3n) is 7.05. The summed E-state index contributed by atoms with van der Waals surface area (Å²) in [5.74, 6) is -0.143. The lowest BCUT2D eigenvalue weighted by Crippen LogP contribution is -2.60. The smallest absolute Gasteiger partial charge is 0.405 e. The minimum absolute atomic E-state index is 0.0386. The molecule has 0 aromatic heterocycles. The lowest BCUT2D eigenvalue weighted by Gasteiger charge is -2.47.